The van der Waals surface area contributed by atoms with E-state index in [0.717, 1.165) is 25.1 Å². The van der Waals surface area contributed by atoms with Gasteiger partial charge in [0.15, 0.2) is 0 Å². The lowest BCUT2D eigenvalue weighted by molar-refractivity contribution is -0.137. The highest BCUT2D eigenvalue weighted by Crippen LogP contribution is 2.43. The lowest BCUT2D eigenvalue weighted by atomic mass is 9.69. The topological polar surface area (TPSA) is 50.2 Å². The molecular formula is C17H29ClN4O. The van der Waals surface area contributed by atoms with Gasteiger partial charge < -0.3 is 10.2 Å². The van der Waals surface area contributed by atoms with Crippen molar-refractivity contribution in [1.82, 2.24) is 20.0 Å². The molecule has 1 spiro atoms. The molecule has 1 unspecified atom stereocenters. The van der Waals surface area contributed by atoms with Gasteiger partial charge in [-0.2, -0.15) is 5.10 Å². The summed E-state index contributed by atoms with van der Waals surface area (Å²) in [7, 11) is 3.74. The van der Waals surface area contributed by atoms with E-state index in [9.17, 15) is 4.79 Å². The van der Waals surface area contributed by atoms with Gasteiger partial charge >= 0.3 is 0 Å². The van der Waals surface area contributed by atoms with Gasteiger partial charge in [-0.25, -0.2) is 0 Å². The third-order valence-electron chi connectivity index (χ3n) is 5.48. The summed E-state index contributed by atoms with van der Waals surface area (Å²) < 4.78 is 1.76. The number of aryl methyl sites for hydroxylation is 1. The Kier molecular flexibility index (Phi) is 6.09. The lowest BCUT2D eigenvalue weighted by Crippen LogP contribution is -2.49. The van der Waals surface area contributed by atoms with E-state index in [4.69, 9.17) is 0 Å². The zero-order valence-corrected chi connectivity index (χ0v) is 15.1. The highest BCUT2D eigenvalue weighted by atomic mass is 35.5. The van der Waals surface area contributed by atoms with Crippen LogP contribution in [0.2, 0.25) is 0 Å². The number of carbonyl (C=O) groups is 1. The number of hydrogen-bond donors (Lipinski definition) is 1. The molecule has 1 atom stereocenters. The van der Waals surface area contributed by atoms with E-state index in [2.05, 4.69) is 15.3 Å². The predicted octanol–water partition coefficient (Wildman–Crippen LogP) is 2.68. The second-order valence-electron chi connectivity index (χ2n) is 7.09. The minimum Gasteiger partial charge on any atom is -0.340 e. The van der Waals surface area contributed by atoms with Crippen LogP contribution in [-0.4, -0.2) is 40.7 Å². The molecule has 0 aromatic carbocycles. The summed E-state index contributed by atoms with van der Waals surface area (Å²) in [6.45, 7) is 1.85. The zero-order valence-electron chi connectivity index (χ0n) is 14.3. The van der Waals surface area contributed by atoms with Gasteiger partial charge in [0.25, 0.3) is 0 Å². The van der Waals surface area contributed by atoms with E-state index in [1.807, 2.05) is 20.3 Å². The number of likely N-dealkylation sites (N-methyl/N-ethyl adjacent to an activating group) is 1. The summed E-state index contributed by atoms with van der Waals surface area (Å²) in [5, 5.41) is 7.38. The first kappa shape index (κ1) is 18.3. The van der Waals surface area contributed by atoms with E-state index in [-0.39, 0.29) is 24.4 Å². The molecule has 1 amide bonds. The maximum Gasteiger partial charge on any atom is 0.244 e. The molecule has 1 saturated heterocycles. The Morgan fingerprint density at radius 1 is 1.26 bits per heavy atom. The minimum absolute atomic E-state index is 0. The van der Waals surface area contributed by atoms with E-state index in [1.165, 1.54) is 38.5 Å². The number of halogens is 1. The van der Waals surface area contributed by atoms with Crippen molar-refractivity contribution < 1.29 is 4.79 Å². The van der Waals surface area contributed by atoms with Crippen LogP contribution in [-0.2, 0) is 11.8 Å². The smallest absolute Gasteiger partial charge is 0.244 e. The fourth-order valence-electron chi connectivity index (χ4n) is 4.31. The highest BCUT2D eigenvalue weighted by Gasteiger charge is 2.39. The number of likely N-dealkylation sites (tertiary alicyclic amines) is 1. The molecule has 1 N–H and O–H groups in total. The summed E-state index contributed by atoms with van der Waals surface area (Å²) in [6.07, 6.45) is 12.8. The average Bonchev–Trinajstić information content (AvgIpc) is 2.95. The Morgan fingerprint density at radius 3 is 2.57 bits per heavy atom. The summed E-state index contributed by atoms with van der Waals surface area (Å²) in [4.78, 5) is 15.1. The number of rotatable bonds is 3. The van der Waals surface area contributed by atoms with Crippen LogP contribution < -0.4 is 5.32 Å². The Balaban J connectivity index is 0.00000192. The SMILES string of the molecule is CNC(C(=O)N1CCCC2(CCCCC2)C1)c1cnn(C)c1.Cl. The molecule has 0 radical (unpaired) electrons. The van der Waals surface area contributed by atoms with Crippen molar-refractivity contribution >= 4 is 18.3 Å². The largest absolute Gasteiger partial charge is 0.340 e. The number of hydrogen-bond acceptors (Lipinski definition) is 3. The van der Waals surface area contributed by atoms with E-state index in [1.54, 1.807) is 10.9 Å². The number of nitrogens with zero attached hydrogens (tertiary/aromatic N) is 3. The summed E-state index contributed by atoms with van der Waals surface area (Å²) in [5.41, 5.74) is 1.36. The predicted molar refractivity (Wildman–Crippen MR) is 93.6 cm³/mol. The lowest BCUT2D eigenvalue weighted by Gasteiger charge is -2.46. The van der Waals surface area contributed by atoms with Crippen molar-refractivity contribution in [2.45, 2.75) is 51.0 Å². The zero-order chi connectivity index (χ0) is 15.6. The quantitative estimate of drug-likeness (QED) is 0.920. The molecule has 1 aromatic rings. The van der Waals surface area contributed by atoms with Crippen molar-refractivity contribution in [2.24, 2.45) is 12.5 Å². The third kappa shape index (κ3) is 3.89. The molecule has 1 aromatic heterocycles. The van der Waals surface area contributed by atoms with Crippen LogP contribution in [0, 0.1) is 5.41 Å². The van der Waals surface area contributed by atoms with Gasteiger partial charge in [-0.1, -0.05) is 19.3 Å². The normalized spacial score (nSPS) is 21.7. The van der Waals surface area contributed by atoms with Crippen LogP contribution in [0.3, 0.4) is 0 Å². The van der Waals surface area contributed by atoms with Crippen molar-refractivity contribution in [3.05, 3.63) is 18.0 Å². The maximum atomic E-state index is 13.0. The van der Waals surface area contributed by atoms with Crippen molar-refractivity contribution in [3.8, 4) is 0 Å². The molecule has 0 bridgehead atoms. The molecule has 2 aliphatic rings. The third-order valence-corrected chi connectivity index (χ3v) is 5.48. The number of nitrogens with one attached hydrogen (secondary N) is 1. The number of carbonyl (C=O) groups excluding carboxylic acids is 1. The van der Waals surface area contributed by atoms with Gasteiger partial charge in [-0.05, 0) is 38.1 Å². The van der Waals surface area contributed by atoms with Crippen LogP contribution in [0.4, 0.5) is 0 Å². The van der Waals surface area contributed by atoms with Crippen molar-refractivity contribution in [1.29, 1.82) is 0 Å². The van der Waals surface area contributed by atoms with E-state index >= 15 is 0 Å². The second-order valence-corrected chi connectivity index (χ2v) is 7.09. The van der Waals surface area contributed by atoms with Gasteiger partial charge in [-0.3, -0.25) is 9.48 Å². The van der Waals surface area contributed by atoms with E-state index < -0.39 is 0 Å². The first-order chi connectivity index (χ1) is 10.6. The van der Waals surface area contributed by atoms with Gasteiger partial charge in [0.1, 0.15) is 6.04 Å². The molecule has 2 fully saturated rings. The van der Waals surface area contributed by atoms with Crippen LogP contribution >= 0.6 is 12.4 Å². The van der Waals surface area contributed by atoms with Crippen LogP contribution in [0.15, 0.2) is 12.4 Å². The number of aromatic nitrogens is 2. The molecule has 1 aliphatic carbocycles. The molecule has 130 valence electrons. The number of amides is 1. The Bertz CT molecular complexity index is 519. The maximum absolute atomic E-state index is 13.0. The van der Waals surface area contributed by atoms with Gasteiger partial charge in [0, 0.05) is 31.9 Å². The first-order valence-electron chi connectivity index (χ1n) is 8.58. The molecule has 1 aliphatic heterocycles. The Morgan fingerprint density at radius 2 is 1.96 bits per heavy atom. The molecular weight excluding hydrogens is 312 g/mol. The Labute approximate surface area is 145 Å². The molecule has 6 heteroatoms. The molecule has 5 nitrogen and oxygen atoms in total. The van der Waals surface area contributed by atoms with Crippen LogP contribution in [0.1, 0.15) is 56.6 Å². The first-order valence-corrected chi connectivity index (χ1v) is 8.58. The van der Waals surface area contributed by atoms with Gasteiger partial charge in [-0.15, -0.1) is 12.4 Å². The summed E-state index contributed by atoms with van der Waals surface area (Å²) >= 11 is 0. The van der Waals surface area contributed by atoms with Crippen molar-refractivity contribution in [3.63, 3.8) is 0 Å². The molecule has 3 rings (SSSR count). The monoisotopic (exact) mass is 340 g/mol. The summed E-state index contributed by atoms with van der Waals surface area (Å²) in [5.74, 6) is 0.208. The van der Waals surface area contributed by atoms with Crippen LogP contribution in [0.25, 0.3) is 0 Å². The molecule has 2 heterocycles. The Hall–Kier alpha value is -1.07. The second kappa shape index (κ2) is 7.67. The number of piperidine rings is 1. The minimum atomic E-state index is -0.271. The fraction of sp³-hybridized carbons (Fsp3) is 0.765. The van der Waals surface area contributed by atoms with Crippen LogP contribution in [0.5, 0.6) is 0 Å². The molecule has 23 heavy (non-hydrogen) atoms. The van der Waals surface area contributed by atoms with E-state index in [0.29, 0.717) is 5.41 Å². The average molecular weight is 341 g/mol. The fourth-order valence-corrected chi connectivity index (χ4v) is 4.31. The highest BCUT2D eigenvalue weighted by molar-refractivity contribution is 5.85. The van der Waals surface area contributed by atoms with Crippen molar-refractivity contribution in [2.75, 3.05) is 20.1 Å². The van der Waals surface area contributed by atoms with Gasteiger partial charge in [0.05, 0.1) is 6.20 Å². The standard InChI is InChI=1S/C17H28N4O.ClH/c1-18-15(14-11-19-20(2)12-14)16(22)21-10-6-9-17(13-21)7-4-3-5-8-17;/h11-12,15,18H,3-10,13H2,1-2H3;1H. The summed E-state index contributed by atoms with van der Waals surface area (Å²) in [6, 6.07) is -0.271. The van der Waals surface area contributed by atoms with Gasteiger partial charge in [0.2, 0.25) is 5.91 Å². The molecule has 1 saturated carbocycles.